The molecule has 4 rings (SSSR count). The van der Waals surface area contributed by atoms with Crippen molar-refractivity contribution in [3.63, 3.8) is 0 Å². The molecule has 7 heteroatoms. The summed E-state index contributed by atoms with van der Waals surface area (Å²) in [5.74, 6) is -1.69. The van der Waals surface area contributed by atoms with E-state index in [1.807, 2.05) is 39.1 Å². The molecule has 6 nitrogen and oxygen atoms in total. The lowest BCUT2D eigenvalue weighted by atomic mass is 9.76. The second-order valence-electron chi connectivity index (χ2n) is 8.28. The molecule has 0 aliphatic carbocycles. The second kappa shape index (κ2) is 6.04. The number of benzene rings is 1. The van der Waals surface area contributed by atoms with Crippen LogP contribution < -0.4 is 10.6 Å². The van der Waals surface area contributed by atoms with Crippen molar-refractivity contribution in [2.24, 2.45) is 17.8 Å². The Labute approximate surface area is 163 Å². The van der Waals surface area contributed by atoms with E-state index in [1.165, 1.54) is 4.90 Å². The first-order chi connectivity index (χ1) is 12.8. The molecule has 0 aromatic heterocycles. The summed E-state index contributed by atoms with van der Waals surface area (Å²) in [6, 6.07) is 5.04. The van der Waals surface area contributed by atoms with Crippen molar-refractivity contribution in [2.45, 2.75) is 51.7 Å². The standard InChI is InChI=1S/C20H24ClN3O3/c1-5-10(4)24-17(25)13-14(18(24)26)20(23-15(13)9(2)3)11-7-6-8-12(21)16(11)22-19(20)27/h6-10,13-15,23H,5H2,1-4H3,(H,22,27)/p+1/t10-,13-,14-,15+,20+/m0/s1. The second-order valence-corrected chi connectivity index (χ2v) is 8.69. The molecular weight excluding hydrogens is 366 g/mol. The number of nitrogens with two attached hydrogens (primary N) is 1. The first-order valence-corrected chi connectivity index (χ1v) is 9.96. The van der Waals surface area contributed by atoms with Gasteiger partial charge < -0.3 is 10.6 Å². The van der Waals surface area contributed by atoms with Gasteiger partial charge in [0.25, 0.3) is 5.91 Å². The Morgan fingerprint density at radius 1 is 1.22 bits per heavy atom. The van der Waals surface area contributed by atoms with Gasteiger partial charge in [0.15, 0.2) is 0 Å². The minimum atomic E-state index is -1.13. The molecule has 0 unspecified atom stereocenters. The fourth-order valence-electron chi connectivity index (χ4n) is 5.12. The van der Waals surface area contributed by atoms with Crippen LogP contribution in [0.3, 0.4) is 0 Å². The zero-order valence-corrected chi connectivity index (χ0v) is 16.7. The predicted molar refractivity (Wildman–Crippen MR) is 101 cm³/mol. The maximum Gasteiger partial charge on any atom is 0.291 e. The number of nitrogens with one attached hydrogen (secondary N) is 1. The van der Waals surface area contributed by atoms with E-state index < -0.39 is 17.4 Å². The molecule has 1 aromatic rings. The maximum atomic E-state index is 13.4. The van der Waals surface area contributed by atoms with Crippen LogP contribution in [-0.2, 0) is 19.9 Å². The first kappa shape index (κ1) is 18.4. The van der Waals surface area contributed by atoms with E-state index in [1.54, 1.807) is 12.1 Å². The van der Waals surface area contributed by atoms with Crippen molar-refractivity contribution in [2.75, 3.05) is 5.32 Å². The van der Waals surface area contributed by atoms with Gasteiger partial charge in [-0.3, -0.25) is 19.3 Å². The van der Waals surface area contributed by atoms with Crippen LogP contribution in [0.1, 0.15) is 39.7 Å². The number of para-hydroxylation sites is 1. The van der Waals surface area contributed by atoms with Gasteiger partial charge in [0.05, 0.1) is 10.7 Å². The Morgan fingerprint density at radius 3 is 2.56 bits per heavy atom. The summed E-state index contributed by atoms with van der Waals surface area (Å²) < 4.78 is 0. The molecule has 1 aromatic carbocycles. The fourth-order valence-corrected chi connectivity index (χ4v) is 5.35. The van der Waals surface area contributed by atoms with Gasteiger partial charge in [-0.05, 0) is 25.5 Å². The number of halogens is 1. The zero-order valence-electron chi connectivity index (χ0n) is 16.0. The van der Waals surface area contributed by atoms with E-state index >= 15 is 0 Å². The van der Waals surface area contributed by atoms with Gasteiger partial charge in [-0.25, -0.2) is 0 Å². The van der Waals surface area contributed by atoms with Gasteiger partial charge in [0.1, 0.15) is 17.9 Å². The highest BCUT2D eigenvalue weighted by molar-refractivity contribution is 6.35. The van der Waals surface area contributed by atoms with Crippen molar-refractivity contribution < 1.29 is 19.7 Å². The Balaban J connectivity index is 1.92. The van der Waals surface area contributed by atoms with Gasteiger partial charge in [-0.2, -0.15) is 0 Å². The minimum Gasteiger partial charge on any atom is -0.326 e. The largest absolute Gasteiger partial charge is 0.326 e. The van der Waals surface area contributed by atoms with E-state index in [9.17, 15) is 14.4 Å². The predicted octanol–water partition coefficient (Wildman–Crippen LogP) is 1.49. The molecule has 0 bridgehead atoms. The number of carbonyl (C=O) groups excluding carboxylic acids is 3. The van der Waals surface area contributed by atoms with Crippen LogP contribution in [-0.4, -0.2) is 34.7 Å². The van der Waals surface area contributed by atoms with Gasteiger partial charge in [-0.15, -0.1) is 0 Å². The molecule has 1 spiro atoms. The number of imide groups is 1. The summed E-state index contributed by atoms with van der Waals surface area (Å²) in [6.07, 6.45) is 0.689. The van der Waals surface area contributed by atoms with Crippen molar-refractivity contribution in [1.82, 2.24) is 4.90 Å². The normalized spacial score (nSPS) is 33.0. The number of rotatable bonds is 3. The topological polar surface area (TPSA) is 83.1 Å². The molecule has 3 N–H and O–H groups in total. The lowest BCUT2D eigenvalue weighted by Gasteiger charge is -2.29. The highest BCUT2D eigenvalue weighted by Gasteiger charge is 2.74. The number of anilines is 1. The maximum absolute atomic E-state index is 13.4. The smallest absolute Gasteiger partial charge is 0.291 e. The summed E-state index contributed by atoms with van der Waals surface area (Å²) in [5, 5.41) is 5.28. The summed E-state index contributed by atoms with van der Waals surface area (Å²) in [6.45, 7) is 7.91. The molecular formula is C20H25ClN3O3+. The number of quaternary nitrogens is 1. The first-order valence-electron chi connectivity index (χ1n) is 9.59. The number of carbonyl (C=O) groups is 3. The molecule has 0 radical (unpaired) electrons. The lowest BCUT2D eigenvalue weighted by Crippen LogP contribution is -2.99. The van der Waals surface area contributed by atoms with Crippen LogP contribution in [0.15, 0.2) is 18.2 Å². The molecule has 27 heavy (non-hydrogen) atoms. The minimum absolute atomic E-state index is 0.140. The summed E-state index contributed by atoms with van der Waals surface area (Å²) >= 11 is 6.31. The van der Waals surface area contributed by atoms with Gasteiger partial charge in [0, 0.05) is 17.5 Å². The Bertz CT molecular complexity index is 855. The number of hydrogen-bond donors (Lipinski definition) is 2. The van der Waals surface area contributed by atoms with E-state index in [0.29, 0.717) is 22.7 Å². The monoisotopic (exact) mass is 390 g/mol. The zero-order chi connectivity index (χ0) is 19.7. The van der Waals surface area contributed by atoms with E-state index in [-0.39, 0.29) is 35.7 Å². The lowest BCUT2D eigenvalue weighted by molar-refractivity contribution is -0.738. The molecule has 3 amide bonds. The van der Waals surface area contributed by atoms with Gasteiger partial charge in [0.2, 0.25) is 17.4 Å². The molecule has 5 atom stereocenters. The summed E-state index contributed by atoms with van der Waals surface area (Å²) in [5.41, 5.74) is 0.144. The molecule has 0 saturated carbocycles. The van der Waals surface area contributed by atoms with Crippen molar-refractivity contribution in [3.8, 4) is 0 Å². The number of likely N-dealkylation sites (tertiary alicyclic amines) is 1. The number of fused-ring (bicyclic) bond motifs is 4. The molecule has 2 fully saturated rings. The van der Waals surface area contributed by atoms with E-state index in [4.69, 9.17) is 11.6 Å². The Kier molecular flexibility index (Phi) is 4.13. The summed E-state index contributed by atoms with van der Waals surface area (Å²) in [7, 11) is 0. The average Bonchev–Trinajstić information content (AvgIpc) is 3.21. The third-order valence-corrected chi connectivity index (χ3v) is 6.94. The quantitative estimate of drug-likeness (QED) is 0.767. The summed E-state index contributed by atoms with van der Waals surface area (Å²) in [4.78, 5) is 41.3. The molecule has 144 valence electrons. The van der Waals surface area contributed by atoms with Crippen molar-refractivity contribution in [1.29, 1.82) is 0 Å². The number of nitrogens with zero attached hydrogens (tertiary/aromatic N) is 1. The third-order valence-electron chi connectivity index (χ3n) is 6.62. The number of hydrogen-bond acceptors (Lipinski definition) is 3. The van der Waals surface area contributed by atoms with Crippen molar-refractivity contribution in [3.05, 3.63) is 28.8 Å². The third kappa shape index (κ3) is 2.20. The van der Waals surface area contributed by atoms with Gasteiger partial charge in [-0.1, -0.05) is 38.4 Å². The molecule has 3 aliphatic heterocycles. The number of amides is 3. The van der Waals surface area contributed by atoms with Crippen LogP contribution >= 0.6 is 11.6 Å². The van der Waals surface area contributed by atoms with Crippen LogP contribution in [0.5, 0.6) is 0 Å². The van der Waals surface area contributed by atoms with Crippen LogP contribution in [0.2, 0.25) is 5.02 Å². The van der Waals surface area contributed by atoms with E-state index in [2.05, 4.69) is 5.32 Å². The van der Waals surface area contributed by atoms with Crippen LogP contribution in [0.25, 0.3) is 0 Å². The highest BCUT2D eigenvalue weighted by atomic mass is 35.5. The van der Waals surface area contributed by atoms with Gasteiger partial charge >= 0.3 is 0 Å². The van der Waals surface area contributed by atoms with Crippen molar-refractivity contribution >= 4 is 35.0 Å². The molecule has 3 heterocycles. The molecule has 2 saturated heterocycles. The average molecular weight is 391 g/mol. The molecule has 3 aliphatic rings. The van der Waals surface area contributed by atoms with E-state index in [0.717, 1.165) is 0 Å². The highest BCUT2D eigenvalue weighted by Crippen LogP contribution is 2.51. The Morgan fingerprint density at radius 2 is 1.93 bits per heavy atom. The Hall–Kier alpha value is -1.92. The van der Waals surface area contributed by atoms with Crippen LogP contribution in [0, 0.1) is 17.8 Å². The fraction of sp³-hybridized carbons (Fsp3) is 0.550. The SMILES string of the molecule is CC[C@H](C)N1C(=O)[C@@H]2[C@@H](C(C)C)[NH2+][C@@]3(C(=O)Nc4c(Cl)cccc43)[C@@H]2C1=O. The van der Waals surface area contributed by atoms with Crippen LogP contribution in [0.4, 0.5) is 5.69 Å².